The van der Waals surface area contributed by atoms with Gasteiger partial charge in [0.15, 0.2) is 6.29 Å². The maximum absolute atomic E-state index is 11.6. The normalized spacial score (nSPS) is 26.9. The molecule has 0 aliphatic carbocycles. The molecule has 0 aromatic heterocycles. The third-order valence-corrected chi connectivity index (χ3v) is 4.24. The van der Waals surface area contributed by atoms with Crippen LogP contribution in [0.4, 0.5) is 0 Å². The smallest absolute Gasteiger partial charge is 0.303 e. The lowest BCUT2D eigenvalue weighted by Gasteiger charge is -2.44. The lowest BCUT2D eigenvalue weighted by molar-refractivity contribution is -0.262. The molecule has 5 atom stereocenters. The molecule has 0 saturated carbocycles. The first kappa shape index (κ1) is 23.8. The van der Waals surface area contributed by atoms with Gasteiger partial charge >= 0.3 is 17.9 Å². The van der Waals surface area contributed by atoms with Crippen molar-refractivity contribution >= 4 is 23.8 Å². The fourth-order valence-electron chi connectivity index (χ4n) is 2.99. The Bertz CT molecular complexity index is 563. The standard InChI is InChI=1S/C18H29NO9/c1-10-16(19-11(2)20)18(25-8-6-5-7-15(23)24)28-14(9-26-12(3)21)17(10)27-13(4)22/h10,14,16-18H,5-9H2,1-4H3,(H,19,20)(H,23,24). The second-order valence-corrected chi connectivity index (χ2v) is 6.73. The number of amides is 1. The lowest BCUT2D eigenvalue weighted by Crippen LogP contribution is -2.62. The van der Waals surface area contributed by atoms with Gasteiger partial charge in [0.1, 0.15) is 18.8 Å². The van der Waals surface area contributed by atoms with Gasteiger partial charge in [0, 0.05) is 39.7 Å². The zero-order valence-corrected chi connectivity index (χ0v) is 16.6. The van der Waals surface area contributed by atoms with Crippen molar-refractivity contribution in [1.82, 2.24) is 5.32 Å². The van der Waals surface area contributed by atoms with E-state index in [1.54, 1.807) is 6.92 Å². The van der Waals surface area contributed by atoms with E-state index in [4.69, 9.17) is 24.1 Å². The maximum atomic E-state index is 11.6. The highest BCUT2D eigenvalue weighted by atomic mass is 16.7. The van der Waals surface area contributed by atoms with E-state index in [2.05, 4.69) is 5.32 Å². The van der Waals surface area contributed by atoms with Crippen LogP contribution >= 0.6 is 0 Å². The summed E-state index contributed by atoms with van der Waals surface area (Å²) in [5.74, 6) is -2.61. The molecule has 28 heavy (non-hydrogen) atoms. The van der Waals surface area contributed by atoms with Gasteiger partial charge in [-0.25, -0.2) is 0 Å². The summed E-state index contributed by atoms with van der Waals surface area (Å²) in [6.45, 7) is 5.72. The number of ether oxygens (including phenoxy) is 4. The summed E-state index contributed by atoms with van der Waals surface area (Å²) in [7, 11) is 0. The van der Waals surface area contributed by atoms with Crippen LogP contribution in [0.5, 0.6) is 0 Å². The van der Waals surface area contributed by atoms with Crippen LogP contribution in [0, 0.1) is 5.92 Å². The van der Waals surface area contributed by atoms with E-state index in [0.29, 0.717) is 12.8 Å². The molecule has 1 fully saturated rings. The maximum Gasteiger partial charge on any atom is 0.303 e. The fourth-order valence-corrected chi connectivity index (χ4v) is 2.99. The molecule has 0 aromatic carbocycles. The summed E-state index contributed by atoms with van der Waals surface area (Å²) in [4.78, 5) is 44.9. The largest absolute Gasteiger partial charge is 0.481 e. The molecule has 1 aliphatic rings. The fraction of sp³-hybridized carbons (Fsp3) is 0.778. The monoisotopic (exact) mass is 403 g/mol. The number of carbonyl (C=O) groups excluding carboxylic acids is 3. The number of carbonyl (C=O) groups is 4. The zero-order valence-electron chi connectivity index (χ0n) is 16.6. The van der Waals surface area contributed by atoms with Crippen molar-refractivity contribution in [2.45, 2.75) is 71.5 Å². The summed E-state index contributed by atoms with van der Waals surface area (Å²) in [6.07, 6.45) is -1.41. The lowest BCUT2D eigenvalue weighted by atomic mass is 9.88. The third kappa shape index (κ3) is 8.22. The molecule has 5 unspecified atom stereocenters. The molecule has 10 heteroatoms. The van der Waals surface area contributed by atoms with Crippen molar-refractivity contribution in [1.29, 1.82) is 0 Å². The van der Waals surface area contributed by atoms with Crippen molar-refractivity contribution < 1.29 is 43.2 Å². The van der Waals surface area contributed by atoms with E-state index in [1.165, 1.54) is 20.8 Å². The molecular formula is C18H29NO9. The Morgan fingerprint density at radius 1 is 1.07 bits per heavy atom. The Balaban J connectivity index is 2.86. The summed E-state index contributed by atoms with van der Waals surface area (Å²) < 4.78 is 21.9. The number of esters is 2. The molecule has 10 nitrogen and oxygen atoms in total. The van der Waals surface area contributed by atoms with Gasteiger partial charge in [0.2, 0.25) is 5.91 Å². The van der Waals surface area contributed by atoms with Crippen LogP contribution in [0.25, 0.3) is 0 Å². The van der Waals surface area contributed by atoms with Crippen LogP contribution in [-0.2, 0) is 38.1 Å². The Hall–Kier alpha value is -2.20. The molecule has 0 radical (unpaired) electrons. The van der Waals surface area contributed by atoms with Crippen LogP contribution in [0.1, 0.15) is 47.0 Å². The molecule has 0 aromatic rings. The highest BCUT2D eigenvalue weighted by molar-refractivity contribution is 5.73. The van der Waals surface area contributed by atoms with Gasteiger partial charge in [-0.3, -0.25) is 19.2 Å². The van der Waals surface area contributed by atoms with Crippen LogP contribution in [0.3, 0.4) is 0 Å². The number of carboxylic acid groups (broad SMARTS) is 1. The molecule has 1 aliphatic heterocycles. The molecule has 1 heterocycles. The van der Waals surface area contributed by atoms with Crippen LogP contribution in [-0.4, -0.2) is 66.7 Å². The van der Waals surface area contributed by atoms with Gasteiger partial charge < -0.3 is 29.4 Å². The number of unbranched alkanes of at least 4 members (excludes halogenated alkanes) is 1. The molecule has 2 N–H and O–H groups in total. The first-order valence-corrected chi connectivity index (χ1v) is 9.18. The van der Waals surface area contributed by atoms with Crippen molar-refractivity contribution in [3.63, 3.8) is 0 Å². The van der Waals surface area contributed by atoms with Gasteiger partial charge in [-0.15, -0.1) is 0 Å². The first-order chi connectivity index (χ1) is 13.1. The Kier molecular flexibility index (Phi) is 9.88. The summed E-state index contributed by atoms with van der Waals surface area (Å²) in [5.41, 5.74) is 0. The third-order valence-electron chi connectivity index (χ3n) is 4.24. The second kappa shape index (κ2) is 11.6. The summed E-state index contributed by atoms with van der Waals surface area (Å²) in [5, 5.41) is 11.4. The molecule has 1 amide bonds. The van der Waals surface area contributed by atoms with E-state index < -0.39 is 42.4 Å². The second-order valence-electron chi connectivity index (χ2n) is 6.73. The molecule has 1 saturated heterocycles. The molecule has 160 valence electrons. The number of aliphatic carboxylic acids is 1. The van der Waals surface area contributed by atoms with Gasteiger partial charge in [-0.2, -0.15) is 0 Å². The molecule has 1 rings (SSSR count). The molecular weight excluding hydrogens is 374 g/mol. The first-order valence-electron chi connectivity index (χ1n) is 9.18. The van der Waals surface area contributed by atoms with E-state index >= 15 is 0 Å². The number of hydrogen-bond donors (Lipinski definition) is 2. The number of rotatable bonds is 10. The van der Waals surface area contributed by atoms with Gasteiger partial charge in [-0.05, 0) is 12.8 Å². The number of hydrogen-bond acceptors (Lipinski definition) is 8. The van der Waals surface area contributed by atoms with E-state index in [1.807, 2.05) is 0 Å². The van der Waals surface area contributed by atoms with E-state index in [0.717, 1.165) is 0 Å². The van der Waals surface area contributed by atoms with Crippen LogP contribution in [0.15, 0.2) is 0 Å². The van der Waals surface area contributed by atoms with Crippen molar-refractivity contribution in [2.24, 2.45) is 5.92 Å². The average molecular weight is 403 g/mol. The number of carboxylic acids is 1. The van der Waals surface area contributed by atoms with Gasteiger partial charge in [0.05, 0.1) is 6.04 Å². The minimum Gasteiger partial charge on any atom is -0.481 e. The topological polar surface area (TPSA) is 137 Å². The van der Waals surface area contributed by atoms with E-state index in [9.17, 15) is 19.2 Å². The molecule has 0 spiro atoms. The van der Waals surface area contributed by atoms with Crippen LogP contribution in [0.2, 0.25) is 0 Å². The Morgan fingerprint density at radius 3 is 2.29 bits per heavy atom. The molecule has 0 bridgehead atoms. The van der Waals surface area contributed by atoms with Crippen molar-refractivity contribution in [3.8, 4) is 0 Å². The average Bonchev–Trinajstić information content (AvgIpc) is 2.57. The van der Waals surface area contributed by atoms with Gasteiger partial charge in [0.25, 0.3) is 0 Å². The predicted molar refractivity (Wildman–Crippen MR) is 95.1 cm³/mol. The Labute approximate surface area is 163 Å². The van der Waals surface area contributed by atoms with Crippen molar-refractivity contribution in [3.05, 3.63) is 0 Å². The minimum absolute atomic E-state index is 0.0318. The van der Waals surface area contributed by atoms with Crippen LogP contribution < -0.4 is 5.32 Å². The van der Waals surface area contributed by atoms with E-state index in [-0.39, 0.29) is 31.5 Å². The number of nitrogens with one attached hydrogen (secondary N) is 1. The minimum atomic E-state index is -0.885. The van der Waals surface area contributed by atoms with Crippen molar-refractivity contribution in [2.75, 3.05) is 13.2 Å². The zero-order chi connectivity index (χ0) is 21.3. The highest BCUT2D eigenvalue weighted by Crippen LogP contribution is 2.30. The quantitative estimate of drug-likeness (QED) is 0.397. The summed E-state index contributed by atoms with van der Waals surface area (Å²) >= 11 is 0. The predicted octanol–water partition coefficient (Wildman–Crippen LogP) is 0.618. The SMILES string of the molecule is CC(=O)NC1C(OCCCCC(=O)O)OC(COC(C)=O)C(OC(C)=O)C1C. The highest BCUT2D eigenvalue weighted by Gasteiger charge is 2.46. The Morgan fingerprint density at radius 2 is 1.75 bits per heavy atom. The summed E-state index contributed by atoms with van der Waals surface area (Å²) in [6, 6.07) is -0.602. The van der Waals surface area contributed by atoms with Gasteiger partial charge in [-0.1, -0.05) is 6.92 Å².